The normalized spacial score (nSPS) is 17.2. The van der Waals surface area contributed by atoms with Gasteiger partial charge in [-0.15, -0.1) is 0 Å². The second-order valence-electron chi connectivity index (χ2n) is 4.83. The first-order chi connectivity index (χ1) is 9.28. The van der Waals surface area contributed by atoms with Crippen LogP contribution < -0.4 is 0 Å². The molecule has 0 saturated carbocycles. The Hall–Kier alpha value is -1.17. The van der Waals surface area contributed by atoms with E-state index in [4.69, 9.17) is 16.3 Å². The molecule has 1 aliphatic heterocycles. The molecule has 19 heavy (non-hydrogen) atoms. The van der Waals surface area contributed by atoms with Crippen LogP contribution in [0.2, 0.25) is 5.15 Å². The summed E-state index contributed by atoms with van der Waals surface area (Å²) in [5.74, 6) is 1.19. The lowest BCUT2D eigenvalue weighted by Gasteiger charge is -2.23. The van der Waals surface area contributed by atoms with Crippen molar-refractivity contribution >= 4 is 22.8 Å². The first-order valence-electron chi connectivity index (χ1n) is 6.48. The number of pyridine rings is 1. The lowest BCUT2D eigenvalue weighted by atomic mass is 10.0. The Morgan fingerprint density at radius 3 is 2.84 bits per heavy atom. The molecule has 102 valence electrons. The van der Waals surface area contributed by atoms with Gasteiger partial charge in [0.2, 0.25) is 0 Å². The summed E-state index contributed by atoms with van der Waals surface area (Å²) in [5.41, 5.74) is 1.53. The van der Waals surface area contributed by atoms with Crippen LogP contribution in [0.4, 0.5) is 0 Å². The van der Waals surface area contributed by atoms with Crippen LogP contribution in [-0.2, 0) is 17.9 Å². The maximum Gasteiger partial charge on any atom is 0.161 e. The van der Waals surface area contributed by atoms with Crippen LogP contribution in [0.1, 0.15) is 18.7 Å². The molecule has 0 aliphatic carbocycles. The van der Waals surface area contributed by atoms with E-state index in [-0.39, 0.29) is 6.61 Å². The SMILES string of the molecule is OCc1nc2ccc(Cl)nc2n1CC1CCOCC1. The van der Waals surface area contributed by atoms with Gasteiger partial charge in [0.05, 0.1) is 0 Å². The van der Waals surface area contributed by atoms with Gasteiger partial charge < -0.3 is 14.4 Å². The number of halogens is 1. The van der Waals surface area contributed by atoms with Crippen molar-refractivity contribution in [1.29, 1.82) is 0 Å². The smallest absolute Gasteiger partial charge is 0.161 e. The first-order valence-corrected chi connectivity index (χ1v) is 6.86. The molecule has 2 aromatic heterocycles. The van der Waals surface area contributed by atoms with Crippen LogP contribution in [0.5, 0.6) is 0 Å². The van der Waals surface area contributed by atoms with E-state index < -0.39 is 0 Å². The van der Waals surface area contributed by atoms with Gasteiger partial charge in [-0.25, -0.2) is 9.97 Å². The fourth-order valence-electron chi connectivity index (χ4n) is 2.53. The highest BCUT2D eigenvalue weighted by Crippen LogP contribution is 2.22. The summed E-state index contributed by atoms with van der Waals surface area (Å²) in [4.78, 5) is 8.73. The topological polar surface area (TPSA) is 60.2 Å². The molecular formula is C13H16ClN3O2. The average Bonchev–Trinajstić information content (AvgIpc) is 2.78. The number of aromatic nitrogens is 3. The van der Waals surface area contributed by atoms with Crippen molar-refractivity contribution < 1.29 is 9.84 Å². The van der Waals surface area contributed by atoms with Crippen molar-refractivity contribution in [3.05, 3.63) is 23.1 Å². The lowest BCUT2D eigenvalue weighted by Crippen LogP contribution is -2.21. The van der Waals surface area contributed by atoms with E-state index >= 15 is 0 Å². The van der Waals surface area contributed by atoms with E-state index in [2.05, 4.69) is 9.97 Å². The van der Waals surface area contributed by atoms with E-state index in [1.54, 1.807) is 6.07 Å². The molecule has 1 fully saturated rings. The molecule has 0 amide bonds. The highest BCUT2D eigenvalue weighted by molar-refractivity contribution is 6.29. The molecule has 0 aromatic carbocycles. The maximum absolute atomic E-state index is 9.45. The number of ether oxygens (including phenoxy) is 1. The second-order valence-corrected chi connectivity index (χ2v) is 5.22. The van der Waals surface area contributed by atoms with E-state index in [0.717, 1.165) is 43.8 Å². The average molecular weight is 282 g/mol. The molecule has 3 rings (SSSR count). The van der Waals surface area contributed by atoms with Gasteiger partial charge in [-0.05, 0) is 30.9 Å². The molecule has 3 heterocycles. The molecule has 6 heteroatoms. The molecule has 1 saturated heterocycles. The molecule has 0 atom stereocenters. The minimum absolute atomic E-state index is 0.0861. The Morgan fingerprint density at radius 1 is 1.32 bits per heavy atom. The molecule has 0 unspecified atom stereocenters. The molecule has 0 radical (unpaired) electrons. The summed E-state index contributed by atoms with van der Waals surface area (Å²) in [6.45, 7) is 2.33. The predicted octanol–water partition coefficient (Wildman–Crippen LogP) is 2.00. The fourth-order valence-corrected chi connectivity index (χ4v) is 2.67. The zero-order valence-corrected chi connectivity index (χ0v) is 11.3. The standard InChI is InChI=1S/C13H16ClN3O2/c14-11-2-1-10-13(16-11)17(12(8-18)15-10)7-9-3-5-19-6-4-9/h1-2,9,18H,3-8H2. The fraction of sp³-hybridized carbons (Fsp3) is 0.538. The van der Waals surface area contributed by atoms with Crippen molar-refractivity contribution in [1.82, 2.24) is 14.5 Å². The van der Waals surface area contributed by atoms with Gasteiger partial charge in [0.25, 0.3) is 0 Å². The summed E-state index contributed by atoms with van der Waals surface area (Å²) >= 11 is 5.95. The van der Waals surface area contributed by atoms with Gasteiger partial charge in [-0.3, -0.25) is 0 Å². The first kappa shape index (κ1) is 12.8. The number of nitrogens with zero attached hydrogens (tertiary/aromatic N) is 3. The number of hydrogen-bond donors (Lipinski definition) is 1. The molecular weight excluding hydrogens is 266 g/mol. The highest BCUT2D eigenvalue weighted by atomic mass is 35.5. The van der Waals surface area contributed by atoms with Gasteiger partial charge in [-0.1, -0.05) is 11.6 Å². The van der Waals surface area contributed by atoms with E-state index in [1.165, 1.54) is 0 Å². The zero-order valence-electron chi connectivity index (χ0n) is 10.5. The molecule has 1 N–H and O–H groups in total. The molecule has 5 nitrogen and oxygen atoms in total. The monoisotopic (exact) mass is 281 g/mol. The zero-order chi connectivity index (χ0) is 13.2. The van der Waals surface area contributed by atoms with E-state index in [1.807, 2.05) is 10.6 Å². The number of aliphatic hydroxyl groups is 1. The van der Waals surface area contributed by atoms with Crippen molar-refractivity contribution in [3.63, 3.8) is 0 Å². The van der Waals surface area contributed by atoms with Crippen molar-refractivity contribution in [3.8, 4) is 0 Å². The largest absolute Gasteiger partial charge is 0.388 e. The van der Waals surface area contributed by atoms with E-state index in [0.29, 0.717) is 16.9 Å². The number of imidazole rings is 1. The van der Waals surface area contributed by atoms with Gasteiger partial charge in [0.1, 0.15) is 23.1 Å². The molecule has 0 spiro atoms. The number of hydrogen-bond acceptors (Lipinski definition) is 4. The van der Waals surface area contributed by atoms with Crippen LogP contribution in [0, 0.1) is 5.92 Å². The Kier molecular flexibility index (Phi) is 3.68. The Bertz CT molecular complexity index is 579. The minimum Gasteiger partial charge on any atom is -0.388 e. The third kappa shape index (κ3) is 2.59. The summed E-state index contributed by atoms with van der Waals surface area (Å²) in [5, 5.41) is 9.90. The maximum atomic E-state index is 9.45. The number of aliphatic hydroxyl groups excluding tert-OH is 1. The number of rotatable bonds is 3. The predicted molar refractivity (Wildman–Crippen MR) is 72.0 cm³/mol. The summed E-state index contributed by atoms with van der Waals surface area (Å²) < 4.78 is 7.35. The third-order valence-electron chi connectivity index (χ3n) is 3.56. The second kappa shape index (κ2) is 5.45. The van der Waals surface area contributed by atoms with Gasteiger partial charge in [0, 0.05) is 19.8 Å². The van der Waals surface area contributed by atoms with Crippen molar-refractivity contribution in [2.24, 2.45) is 5.92 Å². The van der Waals surface area contributed by atoms with E-state index in [9.17, 15) is 5.11 Å². The van der Waals surface area contributed by atoms with Crippen LogP contribution in [-0.4, -0.2) is 32.9 Å². The number of fused-ring (bicyclic) bond motifs is 1. The highest BCUT2D eigenvalue weighted by Gasteiger charge is 2.19. The van der Waals surface area contributed by atoms with Gasteiger partial charge >= 0.3 is 0 Å². The van der Waals surface area contributed by atoms with Crippen molar-refractivity contribution in [2.75, 3.05) is 13.2 Å². The molecule has 0 bridgehead atoms. The van der Waals surface area contributed by atoms with Crippen molar-refractivity contribution in [2.45, 2.75) is 26.0 Å². The molecule has 1 aliphatic rings. The van der Waals surface area contributed by atoms with Crippen LogP contribution in [0.15, 0.2) is 12.1 Å². The van der Waals surface area contributed by atoms with Crippen LogP contribution >= 0.6 is 11.6 Å². The Morgan fingerprint density at radius 2 is 2.11 bits per heavy atom. The Labute approximate surface area is 116 Å². The van der Waals surface area contributed by atoms with Gasteiger partial charge in [-0.2, -0.15) is 0 Å². The summed E-state index contributed by atoms with van der Waals surface area (Å²) in [6.07, 6.45) is 2.07. The summed E-state index contributed by atoms with van der Waals surface area (Å²) in [7, 11) is 0. The molecule has 2 aromatic rings. The summed E-state index contributed by atoms with van der Waals surface area (Å²) in [6, 6.07) is 3.56. The minimum atomic E-state index is -0.0861. The quantitative estimate of drug-likeness (QED) is 0.874. The Balaban J connectivity index is 1.97. The lowest BCUT2D eigenvalue weighted by molar-refractivity contribution is 0.0609. The van der Waals surface area contributed by atoms with Gasteiger partial charge in [0.15, 0.2) is 5.65 Å². The van der Waals surface area contributed by atoms with Crippen LogP contribution in [0.25, 0.3) is 11.2 Å². The van der Waals surface area contributed by atoms with Crippen LogP contribution in [0.3, 0.4) is 0 Å². The third-order valence-corrected chi connectivity index (χ3v) is 3.77.